The molecule has 5 nitrogen and oxygen atoms in total. The number of likely N-dealkylation sites (tertiary alicyclic amines) is 1. The number of hydrogen-bond donors (Lipinski definition) is 2. The third-order valence-corrected chi connectivity index (χ3v) is 4.80. The number of aryl methyl sites for hydroxylation is 1. The summed E-state index contributed by atoms with van der Waals surface area (Å²) in [6.45, 7) is 1.38. The number of nitrogens with two attached hydrogens (primary N) is 1. The standard InChI is InChI=1S/C21H25N3O2/c22-18-8-4-7-17(15-18)21(26)23-19-11-13-24(14-12-19)20(25)10-9-16-5-2-1-3-6-16/h1-8,15,19H,9-14,22H2,(H,23,26). The summed E-state index contributed by atoms with van der Waals surface area (Å²) in [5.74, 6) is 0.0839. The molecular weight excluding hydrogens is 326 g/mol. The summed E-state index contributed by atoms with van der Waals surface area (Å²) < 4.78 is 0. The van der Waals surface area contributed by atoms with Crippen molar-refractivity contribution in [1.29, 1.82) is 0 Å². The smallest absolute Gasteiger partial charge is 0.251 e. The molecule has 1 fully saturated rings. The first-order valence-electron chi connectivity index (χ1n) is 9.10. The number of benzene rings is 2. The molecule has 5 heteroatoms. The number of nitrogens with zero attached hydrogens (tertiary/aromatic N) is 1. The van der Waals surface area contributed by atoms with Gasteiger partial charge in [0.05, 0.1) is 0 Å². The van der Waals surface area contributed by atoms with Crippen molar-refractivity contribution in [1.82, 2.24) is 10.2 Å². The zero-order valence-electron chi connectivity index (χ0n) is 14.9. The van der Waals surface area contributed by atoms with Gasteiger partial charge in [0.25, 0.3) is 5.91 Å². The Morgan fingerprint density at radius 1 is 1.04 bits per heavy atom. The number of nitrogen functional groups attached to an aromatic ring is 1. The lowest BCUT2D eigenvalue weighted by atomic mass is 10.0. The normalized spacial score (nSPS) is 14.8. The Labute approximate surface area is 154 Å². The molecule has 0 spiro atoms. The van der Waals surface area contributed by atoms with Crippen molar-refractivity contribution in [2.45, 2.75) is 31.7 Å². The number of amides is 2. The maximum atomic E-state index is 12.4. The summed E-state index contributed by atoms with van der Waals surface area (Å²) in [7, 11) is 0. The van der Waals surface area contributed by atoms with Gasteiger partial charge in [0.1, 0.15) is 0 Å². The lowest BCUT2D eigenvalue weighted by Crippen LogP contribution is -2.46. The van der Waals surface area contributed by atoms with Crippen molar-refractivity contribution in [2.24, 2.45) is 0 Å². The molecule has 3 N–H and O–H groups in total. The number of anilines is 1. The number of nitrogens with one attached hydrogen (secondary N) is 1. The van der Waals surface area contributed by atoms with E-state index in [4.69, 9.17) is 5.73 Å². The molecule has 2 amide bonds. The van der Waals surface area contributed by atoms with Crippen LogP contribution in [0.15, 0.2) is 54.6 Å². The van der Waals surface area contributed by atoms with Crippen LogP contribution >= 0.6 is 0 Å². The van der Waals surface area contributed by atoms with E-state index in [1.807, 2.05) is 35.2 Å². The summed E-state index contributed by atoms with van der Waals surface area (Å²) in [6.07, 6.45) is 2.87. The lowest BCUT2D eigenvalue weighted by Gasteiger charge is -2.32. The fourth-order valence-corrected chi connectivity index (χ4v) is 3.28. The van der Waals surface area contributed by atoms with E-state index >= 15 is 0 Å². The monoisotopic (exact) mass is 351 g/mol. The maximum absolute atomic E-state index is 12.4. The van der Waals surface area contributed by atoms with Crippen molar-refractivity contribution in [3.8, 4) is 0 Å². The Balaban J connectivity index is 1.43. The topological polar surface area (TPSA) is 75.4 Å². The number of piperidine rings is 1. The van der Waals surface area contributed by atoms with E-state index in [0.717, 1.165) is 19.3 Å². The van der Waals surface area contributed by atoms with Crippen LogP contribution in [0.1, 0.15) is 35.2 Å². The summed E-state index contributed by atoms with van der Waals surface area (Å²) in [5.41, 5.74) is 8.07. The van der Waals surface area contributed by atoms with Crippen molar-refractivity contribution in [3.63, 3.8) is 0 Å². The van der Waals surface area contributed by atoms with Gasteiger partial charge in [-0.15, -0.1) is 0 Å². The fraction of sp³-hybridized carbons (Fsp3) is 0.333. The number of carbonyl (C=O) groups is 2. The highest BCUT2D eigenvalue weighted by Crippen LogP contribution is 2.14. The van der Waals surface area contributed by atoms with Crippen LogP contribution < -0.4 is 11.1 Å². The van der Waals surface area contributed by atoms with Crippen LogP contribution in [0.3, 0.4) is 0 Å². The van der Waals surface area contributed by atoms with Gasteiger partial charge in [-0.25, -0.2) is 0 Å². The summed E-state index contributed by atoms with van der Waals surface area (Å²) >= 11 is 0. The molecule has 1 saturated heterocycles. The summed E-state index contributed by atoms with van der Waals surface area (Å²) in [6, 6.07) is 17.1. The van der Waals surface area contributed by atoms with Crippen LogP contribution in [0.25, 0.3) is 0 Å². The number of rotatable bonds is 5. The second-order valence-electron chi connectivity index (χ2n) is 6.74. The van der Waals surface area contributed by atoms with Crippen molar-refractivity contribution < 1.29 is 9.59 Å². The summed E-state index contributed by atoms with van der Waals surface area (Å²) in [4.78, 5) is 26.6. The van der Waals surface area contributed by atoms with Gasteiger partial charge in [-0.1, -0.05) is 36.4 Å². The Morgan fingerprint density at radius 2 is 1.77 bits per heavy atom. The Morgan fingerprint density at radius 3 is 2.46 bits per heavy atom. The lowest BCUT2D eigenvalue weighted by molar-refractivity contribution is -0.132. The van der Waals surface area contributed by atoms with Gasteiger partial charge in [0.2, 0.25) is 5.91 Å². The van der Waals surface area contributed by atoms with Crippen LogP contribution in [0.2, 0.25) is 0 Å². The van der Waals surface area contributed by atoms with Crippen LogP contribution in [-0.2, 0) is 11.2 Å². The quantitative estimate of drug-likeness (QED) is 0.813. The average molecular weight is 351 g/mol. The predicted molar refractivity (Wildman–Crippen MR) is 103 cm³/mol. The molecule has 0 radical (unpaired) electrons. The predicted octanol–water partition coefficient (Wildman–Crippen LogP) is 2.62. The molecule has 0 unspecified atom stereocenters. The number of hydrogen-bond acceptors (Lipinski definition) is 3. The van der Waals surface area contributed by atoms with Crippen LogP contribution in [0, 0.1) is 0 Å². The molecular formula is C21H25N3O2. The highest BCUT2D eigenvalue weighted by Gasteiger charge is 2.23. The zero-order chi connectivity index (χ0) is 18.4. The largest absolute Gasteiger partial charge is 0.399 e. The molecule has 0 bridgehead atoms. The molecule has 26 heavy (non-hydrogen) atoms. The molecule has 2 aromatic carbocycles. The van der Waals surface area contributed by atoms with E-state index in [1.165, 1.54) is 5.56 Å². The minimum absolute atomic E-state index is 0.0992. The molecule has 2 aromatic rings. The van der Waals surface area contributed by atoms with Gasteiger partial charge in [0, 0.05) is 36.8 Å². The van der Waals surface area contributed by atoms with Crippen molar-refractivity contribution in [2.75, 3.05) is 18.8 Å². The first kappa shape index (κ1) is 18.0. The second-order valence-corrected chi connectivity index (χ2v) is 6.74. The summed E-state index contributed by atoms with van der Waals surface area (Å²) in [5, 5.41) is 3.05. The SMILES string of the molecule is Nc1cccc(C(=O)NC2CCN(C(=O)CCc3ccccc3)CC2)c1. The minimum atomic E-state index is -0.105. The second kappa shape index (κ2) is 8.52. The highest BCUT2D eigenvalue weighted by atomic mass is 16.2. The van der Waals surface area contributed by atoms with Gasteiger partial charge in [-0.3, -0.25) is 9.59 Å². The van der Waals surface area contributed by atoms with Crippen molar-refractivity contribution >= 4 is 17.5 Å². The zero-order valence-corrected chi connectivity index (χ0v) is 14.9. The fourth-order valence-electron chi connectivity index (χ4n) is 3.28. The van der Waals surface area contributed by atoms with E-state index < -0.39 is 0 Å². The van der Waals surface area contributed by atoms with Crippen molar-refractivity contribution in [3.05, 3.63) is 65.7 Å². The van der Waals surface area contributed by atoms with E-state index in [2.05, 4.69) is 5.32 Å². The maximum Gasteiger partial charge on any atom is 0.251 e. The Bertz CT molecular complexity index is 753. The van der Waals surface area contributed by atoms with Gasteiger partial charge < -0.3 is 16.0 Å². The molecule has 0 aromatic heterocycles. The van der Waals surface area contributed by atoms with E-state index in [0.29, 0.717) is 30.8 Å². The molecule has 1 aliphatic rings. The van der Waals surface area contributed by atoms with Crippen LogP contribution in [-0.4, -0.2) is 35.8 Å². The molecule has 3 rings (SSSR count). The first-order chi connectivity index (χ1) is 12.6. The minimum Gasteiger partial charge on any atom is -0.399 e. The Hall–Kier alpha value is -2.82. The molecule has 0 saturated carbocycles. The highest BCUT2D eigenvalue weighted by molar-refractivity contribution is 5.95. The molecule has 136 valence electrons. The molecule has 0 atom stereocenters. The third kappa shape index (κ3) is 4.85. The molecule has 0 aliphatic carbocycles. The van der Waals surface area contributed by atoms with E-state index in [1.54, 1.807) is 24.3 Å². The van der Waals surface area contributed by atoms with Gasteiger partial charge >= 0.3 is 0 Å². The van der Waals surface area contributed by atoms with Gasteiger partial charge in [-0.2, -0.15) is 0 Å². The van der Waals surface area contributed by atoms with Crippen LogP contribution in [0.4, 0.5) is 5.69 Å². The van der Waals surface area contributed by atoms with Crippen LogP contribution in [0.5, 0.6) is 0 Å². The molecule has 1 aliphatic heterocycles. The van der Waals surface area contributed by atoms with E-state index in [9.17, 15) is 9.59 Å². The first-order valence-corrected chi connectivity index (χ1v) is 9.10. The Kier molecular flexibility index (Phi) is 5.89. The average Bonchev–Trinajstić information content (AvgIpc) is 2.67. The molecule has 1 heterocycles. The third-order valence-electron chi connectivity index (χ3n) is 4.80. The number of carbonyl (C=O) groups excluding carboxylic acids is 2. The van der Waals surface area contributed by atoms with Gasteiger partial charge in [0.15, 0.2) is 0 Å². The van der Waals surface area contributed by atoms with Gasteiger partial charge in [-0.05, 0) is 43.0 Å². The van der Waals surface area contributed by atoms with E-state index in [-0.39, 0.29) is 17.9 Å².